The smallest absolute Gasteiger partial charge is 0.276 e. The van der Waals surface area contributed by atoms with Crippen LogP contribution in [-0.4, -0.2) is 40.2 Å². The SMILES string of the molecule is C[C@@H]1CO[C@H]2Cn3cc(C(=O)NCc4ccc(F)cc4F)c(=O)c(OCc4ccccc4)c3C(=O)N12. The van der Waals surface area contributed by atoms with Gasteiger partial charge in [-0.3, -0.25) is 14.4 Å². The second-order valence-corrected chi connectivity index (χ2v) is 8.74. The van der Waals surface area contributed by atoms with Gasteiger partial charge in [0, 0.05) is 24.4 Å². The molecule has 2 amide bonds. The fourth-order valence-corrected chi connectivity index (χ4v) is 4.42. The lowest BCUT2D eigenvalue weighted by Gasteiger charge is -2.34. The van der Waals surface area contributed by atoms with Gasteiger partial charge < -0.3 is 24.3 Å². The molecule has 1 aromatic heterocycles. The van der Waals surface area contributed by atoms with Crippen molar-refractivity contribution in [1.82, 2.24) is 14.8 Å². The third-order valence-corrected chi connectivity index (χ3v) is 6.27. The summed E-state index contributed by atoms with van der Waals surface area (Å²) in [4.78, 5) is 41.4. The number of benzene rings is 2. The molecule has 0 aliphatic carbocycles. The van der Waals surface area contributed by atoms with E-state index in [2.05, 4.69) is 5.32 Å². The van der Waals surface area contributed by atoms with Crippen molar-refractivity contribution in [2.45, 2.75) is 38.9 Å². The summed E-state index contributed by atoms with van der Waals surface area (Å²) in [6, 6.07) is 11.9. The highest BCUT2D eigenvalue weighted by molar-refractivity contribution is 5.99. The number of fused-ring (bicyclic) bond motifs is 2. The Labute approximate surface area is 205 Å². The molecule has 0 saturated carbocycles. The van der Waals surface area contributed by atoms with Crippen molar-refractivity contribution in [2.75, 3.05) is 6.61 Å². The number of halogens is 2. The molecule has 1 saturated heterocycles. The molecule has 2 aliphatic heterocycles. The third-order valence-electron chi connectivity index (χ3n) is 6.27. The van der Waals surface area contributed by atoms with E-state index in [1.165, 1.54) is 16.8 Å². The maximum Gasteiger partial charge on any atom is 0.276 e. The number of hydrogen-bond donors (Lipinski definition) is 1. The lowest BCUT2D eigenvalue weighted by molar-refractivity contribution is 0.00603. The maximum absolute atomic E-state index is 14.0. The van der Waals surface area contributed by atoms with Crippen LogP contribution in [0.25, 0.3) is 0 Å². The first-order valence-corrected chi connectivity index (χ1v) is 11.4. The zero-order valence-corrected chi connectivity index (χ0v) is 19.4. The molecule has 3 aromatic rings. The van der Waals surface area contributed by atoms with E-state index in [1.807, 2.05) is 37.3 Å². The van der Waals surface area contributed by atoms with Crippen molar-refractivity contribution in [3.05, 3.63) is 99.0 Å². The standard InChI is InChI=1S/C26H23F2N3O5/c1-15-13-35-21-12-30-11-19(25(33)29-10-17-7-8-18(27)9-20(17)28)23(32)24(22(30)26(34)31(15)21)36-14-16-5-3-2-4-6-16/h2-9,11,15,21H,10,12-14H2,1H3,(H,29,33)/t15-,21+/m1/s1. The molecule has 2 atom stereocenters. The van der Waals surface area contributed by atoms with E-state index in [0.29, 0.717) is 12.7 Å². The molecule has 0 spiro atoms. The third kappa shape index (κ3) is 4.35. The molecular weight excluding hydrogens is 472 g/mol. The Balaban J connectivity index is 1.50. The number of carbonyl (C=O) groups excluding carboxylic acids is 2. The highest BCUT2D eigenvalue weighted by Gasteiger charge is 2.43. The minimum atomic E-state index is -0.817. The molecular formula is C26H23F2N3O5. The fourth-order valence-electron chi connectivity index (χ4n) is 4.42. The number of amides is 2. The molecule has 1 fully saturated rings. The van der Waals surface area contributed by atoms with E-state index in [0.717, 1.165) is 11.6 Å². The van der Waals surface area contributed by atoms with Gasteiger partial charge in [0.05, 0.1) is 19.2 Å². The predicted molar refractivity (Wildman–Crippen MR) is 124 cm³/mol. The number of carbonyl (C=O) groups is 2. The first-order valence-electron chi connectivity index (χ1n) is 11.4. The van der Waals surface area contributed by atoms with Crippen LogP contribution in [0.15, 0.2) is 59.5 Å². The van der Waals surface area contributed by atoms with E-state index in [9.17, 15) is 23.2 Å². The van der Waals surface area contributed by atoms with Gasteiger partial charge >= 0.3 is 0 Å². The first kappa shape index (κ1) is 23.7. The maximum atomic E-state index is 14.0. The van der Waals surface area contributed by atoms with Gasteiger partial charge in [-0.25, -0.2) is 8.78 Å². The zero-order valence-electron chi connectivity index (χ0n) is 19.4. The summed E-state index contributed by atoms with van der Waals surface area (Å²) in [7, 11) is 0. The molecule has 186 valence electrons. The number of rotatable bonds is 6. The van der Waals surface area contributed by atoms with Gasteiger partial charge in [-0.2, -0.15) is 0 Å². The lowest BCUT2D eigenvalue weighted by Crippen LogP contribution is -2.49. The molecule has 0 unspecified atom stereocenters. The highest BCUT2D eigenvalue weighted by atomic mass is 19.1. The summed E-state index contributed by atoms with van der Waals surface area (Å²) >= 11 is 0. The minimum Gasteiger partial charge on any atom is -0.483 e. The van der Waals surface area contributed by atoms with Crippen LogP contribution in [0.5, 0.6) is 5.75 Å². The second-order valence-electron chi connectivity index (χ2n) is 8.74. The molecule has 2 aromatic carbocycles. The molecule has 8 nitrogen and oxygen atoms in total. The number of pyridine rings is 1. The number of hydrogen-bond acceptors (Lipinski definition) is 5. The van der Waals surface area contributed by atoms with Crippen molar-refractivity contribution in [3.63, 3.8) is 0 Å². The van der Waals surface area contributed by atoms with Gasteiger partial charge in [-0.15, -0.1) is 0 Å². The van der Waals surface area contributed by atoms with E-state index in [-0.39, 0.29) is 48.3 Å². The summed E-state index contributed by atoms with van der Waals surface area (Å²) in [6.45, 7) is 2.17. The number of aromatic nitrogens is 1. The van der Waals surface area contributed by atoms with E-state index in [1.54, 1.807) is 4.90 Å². The summed E-state index contributed by atoms with van der Waals surface area (Å²) in [5, 5.41) is 2.49. The monoisotopic (exact) mass is 495 g/mol. The van der Waals surface area contributed by atoms with Crippen LogP contribution in [0.4, 0.5) is 8.78 Å². The van der Waals surface area contributed by atoms with Gasteiger partial charge in [0.2, 0.25) is 5.43 Å². The van der Waals surface area contributed by atoms with Crippen LogP contribution in [0, 0.1) is 11.6 Å². The average molecular weight is 495 g/mol. The molecule has 0 bridgehead atoms. The van der Waals surface area contributed by atoms with Crippen LogP contribution in [0.3, 0.4) is 0 Å². The largest absolute Gasteiger partial charge is 0.483 e. The Morgan fingerprint density at radius 2 is 1.94 bits per heavy atom. The number of nitrogens with one attached hydrogen (secondary N) is 1. The summed E-state index contributed by atoms with van der Waals surface area (Å²) < 4.78 is 40.3. The molecule has 36 heavy (non-hydrogen) atoms. The molecule has 1 N–H and O–H groups in total. The van der Waals surface area contributed by atoms with Gasteiger partial charge in [-0.1, -0.05) is 36.4 Å². The number of ether oxygens (including phenoxy) is 2. The number of nitrogens with zero attached hydrogens (tertiary/aromatic N) is 2. The minimum absolute atomic E-state index is 0.0116. The normalized spacial score (nSPS) is 18.5. The molecule has 5 rings (SSSR count). The average Bonchev–Trinajstić information content (AvgIpc) is 3.24. The van der Waals surface area contributed by atoms with E-state index >= 15 is 0 Å². The second kappa shape index (κ2) is 9.54. The molecule has 0 radical (unpaired) electrons. The Kier molecular flexibility index (Phi) is 6.27. The molecule has 2 aliphatic rings. The van der Waals surface area contributed by atoms with Gasteiger partial charge in [0.15, 0.2) is 17.7 Å². The van der Waals surface area contributed by atoms with Gasteiger partial charge in [0.25, 0.3) is 11.8 Å². The Bertz CT molecular complexity index is 1390. The van der Waals surface area contributed by atoms with Crippen LogP contribution < -0.4 is 15.5 Å². The van der Waals surface area contributed by atoms with Crippen molar-refractivity contribution in [3.8, 4) is 5.75 Å². The predicted octanol–water partition coefficient (Wildman–Crippen LogP) is 2.84. The summed E-state index contributed by atoms with van der Waals surface area (Å²) in [5.41, 5.74) is -0.144. The Morgan fingerprint density at radius 3 is 2.69 bits per heavy atom. The summed E-state index contributed by atoms with van der Waals surface area (Å²) in [5.74, 6) is -2.99. The van der Waals surface area contributed by atoms with Crippen LogP contribution in [0.1, 0.15) is 38.9 Å². The molecule has 10 heteroatoms. The lowest BCUT2D eigenvalue weighted by atomic mass is 10.1. The van der Waals surface area contributed by atoms with Crippen molar-refractivity contribution in [2.24, 2.45) is 0 Å². The first-order chi connectivity index (χ1) is 17.3. The molecule has 3 heterocycles. The zero-order chi connectivity index (χ0) is 25.4. The quantitative estimate of drug-likeness (QED) is 0.568. The topological polar surface area (TPSA) is 89.9 Å². The van der Waals surface area contributed by atoms with Crippen molar-refractivity contribution in [1.29, 1.82) is 0 Å². The van der Waals surface area contributed by atoms with Gasteiger partial charge in [-0.05, 0) is 18.6 Å². The van der Waals surface area contributed by atoms with Crippen LogP contribution >= 0.6 is 0 Å². The van der Waals surface area contributed by atoms with Crippen LogP contribution in [0.2, 0.25) is 0 Å². The highest BCUT2D eigenvalue weighted by Crippen LogP contribution is 2.30. The van der Waals surface area contributed by atoms with E-state index in [4.69, 9.17) is 9.47 Å². The van der Waals surface area contributed by atoms with Gasteiger partial charge in [0.1, 0.15) is 23.8 Å². The Morgan fingerprint density at radius 1 is 1.17 bits per heavy atom. The van der Waals surface area contributed by atoms with E-state index < -0.39 is 35.1 Å². The Hall–Kier alpha value is -4.05. The van der Waals surface area contributed by atoms with Crippen molar-refractivity contribution < 1.29 is 27.8 Å². The van der Waals surface area contributed by atoms with Crippen LogP contribution in [-0.2, 0) is 24.4 Å². The van der Waals surface area contributed by atoms with Crippen molar-refractivity contribution >= 4 is 11.8 Å². The fraction of sp³-hybridized carbons (Fsp3) is 0.269. The summed E-state index contributed by atoms with van der Waals surface area (Å²) in [6.07, 6.45) is 0.763.